The fourth-order valence-electron chi connectivity index (χ4n) is 4.56. The number of rotatable bonds is 6. The Hall–Kier alpha value is -2.34. The molecular formula is C27H28Cl2N2O2S. The van der Waals surface area contributed by atoms with Crippen molar-refractivity contribution in [3.8, 4) is 0 Å². The first-order valence-corrected chi connectivity index (χ1v) is 13.1. The van der Waals surface area contributed by atoms with E-state index in [0.717, 1.165) is 17.5 Å². The van der Waals surface area contributed by atoms with Crippen molar-refractivity contribution < 1.29 is 9.59 Å². The zero-order chi connectivity index (χ0) is 24.4. The van der Waals surface area contributed by atoms with E-state index in [1.165, 1.54) is 10.4 Å². The number of hydrogen-bond acceptors (Lipinski definition) is 3. The SMILES string of the molecule is Cc1ccccc1C1c2ccsc2CCN1C(=O)CN(CC(C)C)C(=O)c1ccc(Cl)cc1Cl. The Morgan fingerprint density at radius 2 is 1.88 bits per heavy atom. The number of benzene rings is 2. The van der Waals surface area contributed by atoms with Crippen molar-refractivity contribution in [2.24, 2.45) is 5.92 Å². The summed E-state index contributed by atoms with van der Waals surface area (Å²) >= 11 is 14.1. The van der Waals surface area contributed by atoms with Crippen LogP contribution in [0.2, 0.25) is 10.0 Å². The molecule has 1 aliphatic rings. The average molecular weight is 516 g/mol. The molecule has 0 saturated carbocycles. The molecule has 34 heavy (non-hydrogen) atoms. The number of halogens is 2. The van der Waals surface area contributed by atoms with Gasteiger partial charge in [-0.05, 0) is 65.6 Å². The van der Waals surface area contributed by atoms with Crippen LogP contribution in [-0.2, 0) is 11.2 Å². The van der Waals surface area contributed by atoms with Crippen LogP contribution in [0.25, 0.3) is 0 Å². The molecule has 1 atom stereocenters. The molecular weight excluding hydrogens is 487 g/mol. The Kier molecular flexibility index (Phi) is 7.66. The summed E-state index contributed by atoms with van der Waals surface area (Å²) < 4.78 is 0. The second-order valence-electron chi connectivity index (χ2n) is 9.10. The summed E-state index contributed by atoms with van der Waals surface area (Å²) in [5, 5.41) is 2.85. The van der Waals surface area contributed by atoms with Gasteiger partial charge in [0, 0.05) is 23.0 Å². The lowest BCUT2D eigenvalue weighted by Crippen LogP contribution is -2.47. The second-order valence-corrected chi connectivity index (χ2v) is 10.9. The number of aryl methyl sites for hydroxylation is 1. The smallest absolute Gasteiger partial charge is 0.255 e. The molecule has 3 aromatic rings. The maximum atomic E-state index is 13.8. The highest BCUT2D eigenvalue weighted by molar-refractivity contribution is 7.10. The molecule has 1 unspecified atom stereocenters. The van der Waals surface area contributed by atoms with Crippen LogP contribution >= 0.6 is 34.5 Å². The third-order valence-corrected chi connectivity index (χ3v) is 7.67. The fraction of sp³-hybridized carbons (Fsp3) is 0.333. The number of nitrogens with zero attached hydrogens (tertiary/aromatic N) is 2. The van der Waals surface area contributed by atoms with Crippen LogP contribution in [0.3, 0.4) is 0 Å². The summed E-state index contributed by atoms with van der Waals surface area (Å²) in [6.07, 6.45) is 0.822. The van der Waals surface area contributed by atoms with E-state index in [0.29, 0.717) is 23.7 Å². The van der Waals surface area contributed by atoms with E-state index in [2.05, 4.69) is 30.5 Å². The molecule has 0 N–H and O–H groups in total. The zero-order valence-electron chi connectivity index (χ0n) is 19.6. The highest BCUT2D eigenvalue weighted by Gasteiger charge is 2.35. The van der Waals surface area contributed by atoms with Crippen LogP contribution < -0.4 is 0 Å². The Morgan fingerprint density at radius 3 is 2.59 bits per heavy atom. The van der Waals surface area contributed by atoms with Crippen LogP contribution in [-0.4, -0.2) is 41.2 Å². The Labute approximate surface area is 215 Å². The number of carbonyl (C=O) groups is 2. The first kappa shape index (κ1) is 24.8. The Morgan fingerprint density at radius 1 is 1.12 bits per heavy atom. The van der Waals surface area contributed by atoms with Crippen LogP contribution in [0, 0.1) is 12.8 Å². The van der Waals surface area contributed by atoms with Gasteiger partial charge in [-0.1, -0.05) is 61.3 Å². The van der Waals surface area contributed by atoms with Crippen molar-refractivity contribution >= 4 is 46.4 Å². The normalized spacial score (nSPS) is 15.4. The molecule has 178 valence electrons. The van der Waals surface area contributed by atoms with Gasteiger partial charge >= 0.3 is 0 Å². The van der Waals surface area contributed by atoms with E-state index >= 15 is 0 Å². The van der Waals surface area contributed by atoms with Crippen molar-refractivity contribution in [1.82, 2.24) is 9.80 Å². The van der Waals surface area contributed by atoms with E-state index in [-0.39, 0.29) is 35.3 Å². The highest BCUT2D eigenvalue weighted by Crippen LogP contribution is 2.39. The number of amides is 2. The molecule has 7 heteroatoms. The summed E-state index contributed by atoms with van der Waals surface area (Å²) in [5.41, 5.74) is 3.81. The molecule has 2 heterocycles. The molecule has 0 saturated heterocycles. The molecule has 0 bridgehead atoms. The molecule has 1 aromatic heterocycles. The molecule has 2 aromatic carbocycles. The fourth-order valence-corrected chi connectivity index (χ4v) is 5.95. The first-order valence-electron chi connectivity index (χ1n) is 11.4. The van der Waals surface area contributed by atoms with Gasteiger partial charge in [-0.25, -0.2) is 0 Å². The molecule has 2 amide bonds. The summed E-state index contributed by atoms with van der Waals surface area (Å²) in [7, 11) is 0. The molecule has 0 spiro atoms. The number of thiophene rings is 1. The third-order valence-electron chi connectivity index (χ3n) is 6.13. The van der Waals surface area contributed by atoms with Gasteiger partial charge in [0.25, 0.3) is 5.91 Å². The third kappa shape index (κ3) is 5.17. The predicted molar refractivity (Wildman–Crippen MR) is 140 cm³/mol. The number of carbonyl (C=O) groups excluding carboxylic acids is 2. The molecule has 4 rings (SSSR count). The Balaban J connectivity index is 1.65. The van der Waals surface area contributed by atoms with Crippen LogP contribution in [0.4, 0.5) is 0 Å². The van der Waals surface area contributed by atoms with Crippen LogP contribution in [0.5, 0.6) is 0 Å². The van der Waals surface area contributed by atoms with E-state index in [1.54, 1.807) is 34.4 Å². The maximum absolute atomic E-state index is 13.8. The van der Waals surface area contributed by atoms with Crippen molar-refractivity contribution in [3.63, 3.8) is 0 Å². The van der Waals surface area contributed by atoms with Crippen molar-refractivity contribution in [1.29, 1.82) is 0 Å². The largest absolute Gasteiger partial charge is 0.330 e. The minimum Gasteiger partial charge on any atom is -0.330 e. The molecule has 1 aliphatic heterocycles. The van der Waals surface area contributed by atoms with E-state index < -0.39 is 0 Å². The van der Waals surface area contributed by atoms with Gasteiger partial charge in [-0.15, -0.1) is 11.3 Å². The predicted octanol–water partition coefficient (Wildman–Crippen LogP) is 6.64. The van der Waals surface area contributed by atoms with Crippen LogP contribution in [0.15, 0.2) is 53.9 Å². The average Bonchev–Trinajstić information content (AvgIpc) is 3.27. The summed E-state index contributed by atoms with van der Waals surface area (Å²) in [4.78, 5) is 32.1. The second kappa shape index (κ2) is 10.5. The summed E-state index contributed by atoms with van der Waals surface area (Å²) in [6.45, 7) is 7.21. The molecule has 0 aliphatic carbocycles. The molecule has 0 fully saturated rings. The van der Waals surface area contributed by atoms with Gasteiger partial charge in [0.2, 0.25) is 5.91 Å². The highest BCUT2D eigenvalue weighted by atomic mass is 35.5. The van der Waals surface area contributed by atoms with Gasteiger partial charge < -0.3 is 9.80 Å². The van der Waals surface area contributed by atoms with E-state index in [4.69, 9.17) is 23.2 Å². The van der Waals surface area contributed by atoms with Crippen LogP contribution in [0.1, 0.15) is 51.8 Å². The maximum Gasteiger partial charge on any atom is 0.255 e. The molecule has 4 nitrogen and oxygen atoms in total. The van der Waals surface area contributed by atoms with E-state index in [1.807, 2.05) is 30.9 Å². The minimum atomic E-state index is -0.260. The summed E-state index contributed by atoms with van der Waals surface area (Å²) in [6, 6.07) is 15.0. The van der Waals surface area contributed by atoms with Gasteiger partial charge in [-0.2, -0.15) is 0 Å². The Bertz CT molecular complexity index is 1210. The lowest BCUT2D eigenvalue weighted by atomic mass is 9.90. The van der Waals surface area contributed by atoms with Crippen molar-refractivity contribution in [2.75, 3.05) is 19.6 Å². The van der Waals surface area contributed by atoms with Gasteiger partial charge in [0.15, 0.2) is 0 Å². The number of hydrogen-bond donors (Lipinski definition) is 0. The minimum absolute atomic E-state index is 0.00216. The number of fused-ring (bicyclic) bond motifs is 1. The standard InChI is InChI=1S/C27H28Cl2N2O2S/c1-17(2)15-30(27(33)21-9-8-19(28)14-23(21)29)16-25(32)31-12-10-24-22(11-13-34-24)26(31)20-7-5-4-6-18(20)3/h4-9,11,13-14,17,26H,10,12,15-16H2,1-3H3. The lowest BCUT2D eigenvalue weighted by molar-refractivity contribution is -0.134. The summed E-state index contributed by atoms with van der Waals surface area (Å²) in [5.74, 6) is -0.131. The topological polar surface area (TPSA) is 40.6 Å². The quantitative estimate of drug-likeness (QED) is 0.370. The van der Waals surface area contributed by atoms with E-state index in [9.17, 15) is 9.59 Å². The monoisotopic (exact) mass is 514 g/mol. The molecule has 0 radical (unpaired) electrons. The van der Waals surface area contributed by atoms with Crippen molar-refractivity contribution in [2.45, 2.75) is 33.2 Å². The lowest BCUT2D eigenvalue weighted by Gasteiger charge is -2.38. The van der Waals surface area contributed by atoms with Gasteiger partial charge in [0.05, 0.1) is 16.6 Å². The zero-order valence-corrected chi connectivity index (χ0v) is 21.9. The van der Waals surface area contributed by atoms with Gasteiger partial charge in [0.1, 0.15) is 6.54 Å². The van der Waals surface area contributed by atoms with Crippen molar-refractivity contribution in [3.05, 3.63) is 91.1 Å². The first-order chi connectivity index (χ1) is 16.3. The van der Waals surface area contributed by atoms with Gasteiger partial charge in [-0.3, -0.25) is 9.59 Å².